The van der Waals surface area contributed by atoms with Crippen molar-refractivity contribution in [3.8, 4) is 0 Å². The predicted octanol–water partition coefficient (Wildman–Crippen LogP) is -0.0743. The first kappa shape index (κ1) is 15.2. The Kier molecular flexibility index (Phi) is 9.02. The number of ether oxygens (including phenoxy) is 1. The Hall–Kier alpha value is -0.760. The normalized spacial score (nSPS) is 9.56. The molecule has 0 fully saturated rings. The largest absolute Gasteiger partial charge is 0.383 e. The van der Waals surface area contributed by atoms with Crippen molar-refractivity contribution in [2.75, 3.05) is 33.4 Å². The fourth-order valence-electron chi connectivity index (χ4n) is 0.918. The van der Waals surface area contributed by atoms with Gasteiger partial charge in [0.05, 0.1) is 6.61 Å². The van der Waals surface area contributed by atoms with E-state index < -0.39 is 0 Å². The average molecular weight is 267 g/mol. The lowest BCUT2D eigenvalue weighted by molar-refractivity contribution is 0.0948. The molecule has 0 aliphatic carbocycles. The molecular weight excluding hydrogens is 252 g/mol. The van der Waals surface area contributed by atoms with Gasteiger partial charge in [-0.2, -0.15) is 0 Å². The molecule has 1 aromatic heterocycles. The molecule has 0 saturated carbocycles. The number of nitrogens with zero attached hydrogens (tertiary/aromatic N) is 2. The first-order valence-electron chi connectivity index (χ1n) is 4.59. The van der Waals surface area contributed by atoms with Crippen molar-refractivity contribution < 1.29 is 9.53 Å². The van der Waals surface area contributed by atoms with E-state index in [1.807, 2.05) is 0 Å². The highest BCUT2D eigenvalue weighted by atomic mass is 35.5. The number of aromatic nitrogens is 2. The van der Waals surface area contributed by atoms with Gasteiger partial charge in [0, 0.05) is 32.1 Å². The summed E-state index contributed by atoms with van der Waals surface area (Å²) in [7, 11) is 1.65. The highest BCUT2D eigenvalue weighted by Gasteiger charge is 2.06. The van der Waals surface area contributed by atoms with Gasteiger partial charge in [-0.3, -0.25) is 4.79 Å². The number of nitrogens with one attached hydrogen (secondary N) is 2. The molecule has 0 aliphatic rings. The van der Waals surface area contributed by atoms with Gasteiger partial charge in [-0.25, -0.2) is 0 Å². The molecule has 1 aromatic rings. The lowest BCUT2D eigenvalue weighted by Gasteiger charge is -2.04. The van der Waals surface area contributed by atoms with Crippen LogP contribution in [-0.4, -0.2) is 48.8 Å². The van der Waals surface area contributed by atoms with Crippen LogP contribution in [-0.2, 0) is 4.74 Å². The third kappa shape index (κ3) is 5.96. The van der Waals surface area contributed by atoms with Crippen LogP contribution in [0, 0.1) is 0 Å². The van der Waals surface area contributed by atoms with Gasteiger partial charge >= 0.3 is 0 Å². The average Bonchev–Trinajstić information content (AvgIpc) is 2.76. The van der Waals surface area contributed by atoms with E-state index in [9.17, 15) is 4.79 Å². The van der Waals surface area contributed by atoms with Crippen LogP contribution in [0.3, 0.4) is 0 Å². The minimum absolute atomic E-state index is 0. The topological polar surface area (TPSA) is 76.1 Å². The molecule has 0 aliphatic heterocycles. The van der Waals surface area contributed by atoms with Gasteiger partial charge in [-0.1, -0.05) is 4.49 Å². The molecular formula is C8H15ClN4O2S. The summed E-state index contributed by atoms with van der Waals surface area (Å²) < 4.78 is 8.47. The van der Waals surface area contributed by atoms with Crippen LogP contribution >= 0.6 is 23.9 Å². The third-order valence-corrected chi connectivity index (χ3v) is 2.17. The number of hydrogen-bond donors (Lipinski definition) is 2. The van der Waals surface area contributed by atoms with E-state index in [-0.39, 0.29) is 18.3 Å². The Balaban J connectivity index is 0.00000225. The fourth-order valence-corrected chi connectivity index (χ4v) is 1.35. The smallest absolute Gasteiger partial charge is 0.272 e. The maximum atomic E-state index is 11.3. The summed E-state index contributed by atoms with van der Waals surface area (Å²) in [5, 5.41) is 11.1. The van der Waals surface area contributed by atoms with Gasteiger partial charge in [0.15, 0.2) is 5.69 Å². The van der Waals surface area contributed by atoms with Gasteiger partial charge in [0.1, 0.15) is 0 Å². The van der Waals surface area contributed by atoms with Crippen LogP contribution in [0.5, 0.6) is 0 Å². The summed E-state index contributed by atoms with van der Waals surface area (Å²) in [6.07, 6.45) is 0. The van der Waals surface area contributed by atoms with Crippen molar-refractivity contribution in [1.29, 1.82) is 0 Å². The lowest BCUT2D eigenvalue weighted by atomic mass is 10.4. The first-order valence-corrected chi connectivity index (χ1v) is 5.43. The highest BCUT2D eigenvalue weighted by molar-refractivity contribution is 7.03. The zero-order valence-electron chi connectivity index (χ0n) is 8.93. The quantitative estimate of drug-likeness (QED) is 0.676. The van der Waals surface area contributed by atoms with E-state index in [1.165, 1.54) is 0 Å². The van der Waals surface area contributed by atoms with Crippen molar-refractivity contribution in [3.63, 3.8) is 0 Å². The van der Waals surface area contributed by atoms with Gasteiger partial charge in [0.2, 0.25) is 0 Å². The van der Waals surface area contributed by atoms with E-state index >= 15 is 0 Å². The van der Waals surface area contributed by atoms with E-state index in [4.69, 9.17) is 4.74 Å². The molecule has 0 saturated heterocycles. The van der Waals surface area contributed by atoms with Crippen molar-refractivity contribution >= 4 is 29.8 Å². The number of methoxy groups -OCH3 is 1. The maximum Gasteiger partial charge on any atom is 0.272 e. The Labute approximate surface area is 104 Å². The second-order valence-electron chi connectivity index (χ2n) is 2.79. The highest BCUT2D eigenvalue weighted by Crippen LogP contribution is 1.95. The molecule has 0 unspecified atom stereocenters. The SMILES string of the molecule is COCCNCCNC(=O)c1csnn1.Cl. The summed E-state index contributed by atoms with van der Waals surface area (Å²) in [5.74, 6) is -0.183. The summed E-state index contributed by atoms with van der Waals surface area (Å²) in [6.45, 7) is 2.74. The van der Waals surface area contributed by atoms with Crippen molar-refractivity contribution in [2.45, 2.75) is 0 Å². The Morgan fingerprint density at radius 1 is 1.50 bits per heavy atom. The zero-order chi connectivity index (χ0) is 10.9. The minimum Gasteiger partial charge on any atom is -0.383 e. The van der Waals surface area contributed by atoms with Crippen LogP contribution in [0.4, 0.5) is 0 Å². The standard InChI is InChI=1S/C8H14N4O2S.ClH/c1-14-5-4-9-2-3-10-8(13)7-6-15-12-11-7;/h6,9H,2-5H2,1H3,(H,10,13);1H. The van der Waals surface area contributed by atoms with Gasteiger partial charge in [0.25, 0.3) is 5.91 Å². The molecule has 16 heavy (non-hydrogen) atoms. The van der Waals surface area contributed by atoms with Gasteiger partial charge in [-0.05, 0) is 11.5 Å². The van der Waals surface area contributed by atoms with Gasteiger partial charge in [-0.15, -0.1) is 17.5 Å². The van der Waals surface area contributed by atoms with Gasteiger partial charge < -0.3 is 15.4 Å². The molecule has 6 nitrogen and oxygen atoms in total. The Morgan fingerprint density at radius 2 is 2.31 bits per heavy atom. The monoisotopic (exact) mass is 266 g/mol. The molecule has 2 N–H and O–H groups in total. The molecule has 0 aromatic carbocycles. The molecule has 0 bridgehead atoms. The van der Waals surface area contributed by atoms with Crippen LogP contribution in [0.1, 0.15) is 10.5 Å². The molecule has 1 amide bonds. The summed E-state index contributed by atoms with van der Waals surface area (Å²) in [5.41, 5.74) is 0.372. The number of halogens is 1. The Morgan fingerprint density at radius 3 is 2.94 bits per heavy atom. The van der Waals surface area contributed by atoms with E-state index in [0.717, 1.165) is 18.1 Å². The second-order valence-corrected chi connectivity index (χ2v) is 3.40. The first-order chi connectivity index (χ1) is 7.34. The number of amides is 1. The molecule has 92 valence electrons. The molecule has 1 heterocycles. The van der Waals surface area contributed by atoms with E-state index in [2.05, 4.69) is 20.2 Å². The molecule has 0 atom stereocenters. The molecule has 0 radical (unpaired) electrons. The van der Waals surface area contributed by atoms with E-state index in [0.29, 0.717) is 25.4 Å². The molecule has 1 rings (SSSR count). The third-order valence-electron chi connectivity index (χ3n) is 1.66. The van der Waals surface area contributed by atoms with E-state index in [1.54, 1.807) is 12.5 Å². The molecule has 8 heteroatoms. The molecule has 0 spiro atoms. The lowest BCUT2D eigenvalue weighted by Crippen LogP contribution is -2.33. The summed E-state index contributed by atoms with van der Waals surface area (Å²) >= 11 is 1.16. The van der Waals surface area contributed by atoms with Crippen LogP contribution < -0.4 is 10.6 Å². The summed E-state index contributed by atoms with van der Waals surface area (Å²) in [4.78, 5) is 11.3. The Bertz CT molecular complexity index is 284. The van der Waals surface area contributed by atoms with Crippen molar-refractivity contribution in [2.24, 2.45) is 0 Å². The maximum absolute atomic E-state index is 11.3. The zero-order valence-corrected chi connectivity index (χ0v) is 10.6. The minimum atomic E-state index is -0.183. The predicted molar refractivity (Wildman–Crippen MR) is 64.2 cm³/mol. The van der Waals surface area contributed by atoms with Crippen molar-refractivity contribution in [1.82, 2.24) is 20.2 Å². The van der Waals surface area contributed by atoms with Crippen LogP contribution in [0.25, 0.3) is 0 Å². The van der Waals surface area contributed by atoms with Crippen LogP contribution in [0.15, 0.2) is 5.38 Å². The number of hydrogen-bond acceptors (Lipinski definition) is 6. The van der Waals surface area contributed by atoms with Crippen LogP contribution in [0.2, 0.25) is 0 Å². The number of rotatable bonds is 7. The number of carbonyl (C=O) groups excluding carboxylic acids is 1. The summed E-state index contributed by atoms with van der Waals surface area (Å²) in [6, 6.07) is 0. The number of carbonyl (C=O) groups is 1. The second kappa shape index (κ2) is 9.46. The van der Waals surface area contributed by atoms with Crippen molar-refractivity contribution in [3.05, 3.63) is 11.1 Å². The fraction of sp³-hybridized carbons (Fsp3) is 0.625.